The summed E-state index contributed by atoms with van der Waals surface area (Å²) in [5, 5.41) is 2.04. The highest BCUT2D eigenvalue weighted by molar-refractivity contribution is 6.05. The lowest BCUT2D eigenvalue weighted by Crippen LogP contribution is -2.25. The molecular weight excluding hydrogens is 592 g/mol. The van der Waals surface area contributed by atoms with Gasteiger partial charge in [-0.3, -0.25) is 8.80 Å². The molecule has 7 heteroatoms. The van der Waals surface area contributed by atoms with E-state index in [1.807, 2.05) is 18.3 Å². The molecule has 0 saturated carbocycles. The van der Waals surface area contributed by atoms with Crippen LogP contribution in [0.15, 0.2) is 138 Å². The van der Waals surface area contributed by atoms with Gasteiger partial charge < -0.3 is 4.42 Å². The molecule has 12 rings (SSSR count). The van der Waals surface area contributed by atoms with Gasteiger partial charge in [-0.2, -0.15) is 0 Å². The first-order valence-corrected chi connectivity index (χ1v) is 16.1. The minimum Gasteiger partial charge on any atom is -0.438 e. The van der Waals surface area contributed by atoms with Crippen LogP contribution >= 0.6 is 0 Å². The van der Waals surface area contributed by atoms with Gasteiger partial charge in [0.1, 0.15) is 5.58 Å². The summed E-state index contributed by atoms with van der Waals surface area (Å²) in [5.74, 6) is 0. The monoisotopic (exact) mass is 614 g/mol. The van der Waals surface area contributed by atoms with Gasteiger partial charge in [0.05, 0.1) is 28.5 Å². The van der Waals surface area contributed by atoms with E-state index in [9.17, 15) is 0 Å². The molecule has 4 aromatic carbocycles. The molecule has 0 amide bonds. The van der Waals surface area contributed by atoms with Crippen LogP contribution in [0, 0.1) is 0 Å². The van der Waals surface area contributed by atoms with Crippen LogP contribution in [-0.4, -0.2) is 28.7 Å². The number of furan rings is 1. The molecule has 48 heavy (non-hydrogen) atoms. The Kier molecular flexibility index (Phi) is 4.31. The van der Waals surface area contributed by atoms with Gasteiger partial charge in [-0.15, -0.1) is 0 Å². The molecule has 0 N–H and O–H groups in total. The van der Waals surface area contributed by atoms with E-state index in [1.165, 1.54) is 38.9 Å². The van der Waals surface area contributed by atoms with Crippen molar-refractivity contribution in [3.8, 4) is 33.6 Å². The van der Waals surface area contributed by atoms with Crippen molar-refractivity contribution in [3.63, 3.8) is 0 Å². The van der Waals surface area contributed by atoms with Crippen LogP contribution in [0.25, 0.3) is 78.2 Å². The molecule has 0 fully saturated rings. The zero-order valence-electron chi connectivity index (χ0n) is 25.3. The van der Waals surface area contributed by atoms with Crippen molar-refractivity contribution in [3.05, 3.63) is 156 Å². The van der Waals surface area contributed by atoms with E-state index in [-0.39, 0.29) is 0 Å². The zero-order valence-corrected chi connectivity index (χ0v) is 25.3. The van der Waals surface area contributed by atoms with Gasteiger partial charge in [0.2, 0.25) is 5.71 Å². The molecule has 0 unspecified atom stereocenters. The van der Waals surface area contributed by atoms with Crippen LogP contribution in [-0.2, 0) is 5.41 Å². The van der Waals surface area contributed by atoms with E-state index in [1.54, 1.807) is 18.6 Å². The van der Waals surface area contributed by atoms with Gasteiger partial charge in [0.25, 0.3) is 0 Å². The Morgan fingerprint density at radius 2 is 1.21 bits per heavy atom. The number of hydrogen-bond donors (Lipinski definition) is 0. The maximum Gasteiger partial charge on any atom is 0.227 e. The predicted octanol–water partition coefficient (Wildman–Crippen LogP) is 8.84. The van der Waals surface area contributed by atoms with Crippen LogP contribution in [0.3, 0.4) is 0 Å². The molecule has 222 valence electrons. The number of hydrogen-bond acceptors (Lipinski definition) is 5. The lowest BCUT2D eigenvalue weighted by Gasteiger charge is -2.29. The fourth-order valence-corrected chi connectivity index (χ4v) is 8.78. The van der Waals surface area contributed by atoms with E-state index < -0.39 is 5.41 Å². The van der Waals surface area contributed by atoms with Crippen molar-refractivity contribution in [1.82, 2.24) is 28.7 Å². The van der Waals surface area contributed by atoms with E-state index in [4.69, 9.17) is 19.4 Å². The number of pyridine rings is 1. The average Bonchev–Trinajstić information content (AvgIpc) is 3.95. The van der Waals surface area contributed by atoms with Crippen LogP contribution in [0.4, 0.5) is 0 Å². The Balaban J connectivity index is 1.22. The van der Waals surface area contributed by atoms with Crippen molar-refractivity contribution in [2.24, 2.45) is 0 Å². The average molecular weight is 615 g/mol. The molecule has 6 aromatic heterocycles. The molecule has 0 saturated heterocycles. The third kappa shape index (κ3) is 2.71. The highest BCUT2D eigenvalue weighted by Crippen LogP contribution is 2.63. The molecular formula is C41H22N6O. The first-order chi connectivity index (χ1) is 23.8. The Morgan fingerprint density at radius 3 is 1.98 bits per heavy atom. The van der Waals surface area contributed by atoms with E-state index >= 15 is 0 Å². The summed E-state index contributed by atoms with van der Waals surface area (Å²) in [4.78, 5) is 19.5. The maximum atomic E-state index is 6.17. The lowest BCUT2D eigenvalue weighted by atomic mass is 9.71. The third-order valence-electron chi connectivity index (χ3n) is 10.6. The van der Waals surface area contributed by atoms with E-state index in [2.05, 4.69) is 111 Å². The molecule has 2 aliphatic rings. The molecule has 0 aliphatic heterocycles. The van der Waals surface area contributed by atoms with Gasteiger partial charge in [0.15, 0.2) is 16.9 Å². The molecule has 7 nitrogen and oxygen atoms in total. The molecule has 6 heterocycles. The van der Waals surface area contributed by atoms with Crippen molar-refractivity contribution in [1.29, 1.82) is 0 Å². The largest absolute Gasteiger partial charge is 0.438 e. The normalized spacial score (nSPS) is 14.0. The number of rotatable bonds is 1. The molecule has 10 aromatic rings. The quantitative estimate of drug-likeness (QED) is 0.185. The van der Waals surface area contributed by atoms with E-state index in [0.717, 1.165) is 55.8 Å². The third-order valence-corrected chi connectivity index (χ3v) is 10.6. The second-order valence-corrected chi connectivity index (χ2v) is 12.7. The predicted molar refractivity (Wildman–Crippen MR) is 186 cm³/mol. The van der Waals surface area contributed by atoms with Crippen molar-refractivity contribution < 1.29 is 4.42 Å². The number of imidazole rings is 1. The summed E-state index contributed by atoms with van der Waals surface area (Å²) in [6, 6.07) is 39.2. The van der Waals surface area contributed by atoms with Crippen LogP contribution in [0.5, 0.6) is 0 Å². The topological polar surface area (TPSA) is 73.5 Å². The van der Waals surface area contributed by atoms with Crippen molar-refractivity contribution in [2.45, 2.75) is 5.41 Å². The van der Waals surface area contributed by atoms with Gasteiger partial charge in [-0.25, -0.2) is 19.9 Å². The fourth-order valence-electron chi connectivity index (χ4n) is 8.78. The zero-order chi connectivity index (χ0) is 31.1. The molecule has 0 bridgehead atoms. The fraction of sp³-hybridized carbons (Fsp3) is 0.0244. The smallest absolute Gasteiger partial charge is 0.227 e. The second kappa shape index (κ2) is 8.40. The lowest BCUT2D eigenvalue weighted by molar-refractivity contribution is 0.654. The number of fused-ring (bicyclic) bond motifs is 20. The van der Waals surface area contributed by atoms with Crippen LogP contribution < -0.4 is 0 Å². The molecule has 0 radical (unpaired) electrons. The van der Waals surface area contributed by atoms with Gasteiger partial charge >= 0.3 is 0 Å². The van der Waals surface area contributed by atoms with Gasteiger partial charge in [-0.1, -0.05) is 78.9 Å². The first-order valence-electron chi connectivity index (χ1n) is 16.1. The Bertz CT molecular complexity index is 2990. The number of aromatic nitrogens is 6. The van der Waals surface area contributed by atoms with Crippen LogP contribution in [0.1, 0.15) is 22.3 Å². The first kappa shape index (κ1) is 24.6. The summed E-state index contributed by atoms with van der Waals surface area (Å²) in [5.41, 5.74) is 16.2. The number of benzene rings is 4. The van der Waals surface area contributed by atoms with Crippen LogP contribution in [0.2, 0.25) is 0 Å². The molecule has 2 aliphatic carbocycles. The van der Waals surface area contributed by atoms with E-state index in [0.29, 0.717) is 5.71 Å². The molecule has 0 atom stereocenters. The number of nitrogens with zero attached hydrogens (tertiary/aromatic N) is 6. The standard InChI is InChI=1S/C41H22N6O/c1-4-12-29-24(8-1)25-9-2-5-13-30(25)41(29)31-14-6-3-10-28(31)36-32(41)21-33-37-45-22-34(47(37)39-38(46(33)36)42-18-19-43-39)23-15-16-26-27-11-7-17-44-40(27)48-35(26)20-23/h1-22H. The summed E-state index contributed by atoms with van der Waals surface area (Å²) < 4.78 is 10.6. The summed E-state index contributed by atoms with van der Waals surface area (Å²) >= 11 is 0. The second-order valence-electron chi connectivity index (χ2n) is 12.7. The highest BCUT2D eigenvalue weighted by Gasteiger charge is 2.53. The Hall–Kier alpha value is -6.60. The summed E-state index contributed by atoms with van der Waals surface area (Å²) in [6.45, 7) is 0. The summed E-state index contributed by atoms with van der Waals surface area (Å²) in [6.07, 6.45) is 7.23. The molecule has 1 spiro atoms. The Morgan fingerprint density at radius 1 is 0.521 bits per heavy atom. The van der Waals surface area contributed by atoms with Crippen molar-refractivity contribution in [2.75, 3.05) is 0 Å². The summed E-state index contributed by atoms with van der Waals surface area (Å²) in [7, 11) is 0. The maximum absolute atomic E-state index is 6.17. The Labute approximate surface area is 272 Å². The van der Waals surface area contributed by atoms with Gasteiger partial charge in [0, 0.05) is 40.5 Å². The van der Waals surface area contributed by atoms with Gasteiger partial charge in [-0.05, 0) is 63.7 Å². The van der Waals surface area contributed by atoms with Crippen molar-refractivity contribution >= 4 is 44.5 Å². The minimum absolute atomic E-state index is 0.466. The highest BCUT2D eigenvalue weighted by atomic mass is 16.3. The minimum atomic E-state index is -0.466. The SMILES string of the molecule is c1ccc2c(c1)-c1ccccc1C21c2ccccc2-c2c1cc1c3ncc(-c4ccc5c(c4)oc4ncccc45)n3c3nccnc3n21.